The Morgan fingerprint density at radius 3 is 2.73 bits per heavy atom. The molecule has 1 heterocycles. The quantitative estimate of drug-likeness (QED) is 0.814. The zero-order valence-corrected chi connectivity index (χ0v) is 9.33. The average molecular weight is 205 g/mol. The minimum atomic E-state index is 0.691. The lowest BCUT2D eigenvalue weighted by Crippen LogP contribution is -2.15. The van der Waals surface area contributed by atoms with Gasteiger partial charge in [-0.3, -0.25) is 0 Å². The van der Waals surface area contributed by atoms with Crippen molar-refractivity contribution in [3.63, 3.8) is 0 Å². The summed E-state index contributed by atoms with van der Waals surface area (Å²) >= 11 is 0. The van der Waals surface area contributed by atoms with Crippen molar-refractivity contribution in [2.24, 2.45) is 5.92 Å². The third-order valence-electron chi connectivity index (χ3n) is 2.98. The lowest BCUT2D eigenvalue weighted by molar-refractivity contribution is 0.260. The normalized spacial score (nSPS) is 20.5. The molecular formula is C13H19NO. The Labute approximate surface area is 91.6 Å². The van der Waals surface area contributed by atoms with Crippen molar-refractivity contribution in [2.75, 3.05) is 19.7 Å². The molecule has 0 aliphatic carbocycles. The fourth-order valence-electron chi connectivity index (χ4n) is 1.89. The largest absolute Gasteiger partial charge is 0.493 e. The monoisotopic (exact) mass is 205 g/mol. The summed E-state index contributed by atoms with van der Waals surface area (Å²) in [5, 5.41) is 3.35. The van der Waals surface area contributed by atoms with Gasteiger partial charge in [-0.15, -0.1) is 0 Å². The van der Waals surface area contributed by atoms with Gasteiger partial charge in [0.05, 0.1) is 6.61 Å². The van der Waals surface area contributed by atoms with Crippen LogP contribution in [0.15, 0.2) is 24.3 Å². The number of rotatable bonds is 4. The highest BCUT2D eigenvalue weighted by atomic mass is 16.5. The molecule has 0 amide bonds. The Kier molecular flexibility index (Phi) is 3.62. The van der Waals surface area contributed by atoms with Gasteiger partial charge in [0.1, 0.15) is 5.75 Å². The maximum absolute atomic E-state index is 5.75. The number of hydrogen-bond acceptors (Lipinski definition) is 2. The zero-order valence-electron chi connectivity index (χ0n) is 9.33. The standard InChI is InChI=1S/C13H19NO/c1-2-11-3-5-13(6-4-11)15-10-12-7-8-14-9-12/h3-6,12,14H,2,7-10H2,1H3/t12-/m1/s1. The number of hydrogen-bond donors (Lipinski definition) is 1. The van der Waals surface area contributed by atoms with Gasteiger partial charge in [-0.1, -0.05) is 19.1 Å². The van der Waals surface area contributed by atoms with E-state index in [0.717, 1.165) is 31.9 Å². The van der Waals surface area contributed by atoms with Gasteiger partial charge in [0.25, 0.3) is 0 Å². The zero-order chi connectivity index (χ0) is 10.5. The van der Waals surface area contributed by atoms with Gasteiger partial charge in [0.2, 0.25) is 0 Å². The summed E-state index contributed by atoms with van der Waals surface area (Å²) in [5.41, 5.74) is 1.37. The molecule has 0 unspecified atom stereocenters. The van der Waals surface area contributed by atoms with Crippen molar-refractivity contribution >= 4 is 0 Å². The van der Waals surface area contributed by atoms with E-state index < -0.39 is 0 Å². The lowest BCUT2D eigenvalue weighted by atomic mass is 10.1. The third kappa shape index (κ3) is 2.96. The van der Waals surface area contributed by atoms with Crippen LogP contribution < -0.4 is 10.1 Å². The second kappa shape index (κ2) is 5.17. The molecule has 0 spiro atoms. The molecule has 0 bridgehead atoms. The summed E-state index contributed by atoms with van der Waals surface area (Å²) in [4.78, 5) is 0. The minimum absolute atomic E-state index is 0.691. The summed E-state index contributed by atoms with van der Waals surface area (Å²) in [5.74, 6) is 1.69. The molecule has 2 heteroatoms. The predicted molar refractivity (Wildman–Crippen MR) is 62.3 cm³/mol. The van der Waals surface area contributed by atoms with Crippen molar-refractivity contribution in [1.29, 1.82) is 0 Å². The summed E-state index contributed by atoms with van der Waals surface area (Å²) in [6.07, 6.45) is 2.33. The average Bonchev–Trinajstić information content (AvgIpc) is 2.80. The van der Waals surface area contributed by atoms with E-state index in [4.69, 9.17) is 4.74 Å². The molecular weight excluding hydrogens is 186 g/mol. The number of aryl methyl sites for hydroxylation is 1. The van der Waals surface area contributed by atoms with Crippen LogP contribution in [-0.4, -0.2) is 19.7 Å². The predicted octanol–water partition coefficient (Wildman–Crippen LogP) is 2.24. The second-order valence-electron chi connectivity index (χ2n) is 4.17. The highest BCUT2D eigenvalue weighted by molar-refractivity contribution is 5.27. The lowest BCUT2D eigenvalue weighted by Gasteiger charge is -2.10. The van der Waals surface area contributed by atoms with Crippen LogP contribution in [0, 0.1) is 5.92 Å². The molecule has 1 aromatic rings. The SMILES string of the molecule is CCc1ccc(OC[C@@H]2CCNC2)cc1. The molecule has 82 valence electrons. The Morgan fingerprint density at radius 2 is 2.13 bits per heavy atom. The molecule has 15 heavy (non-hydrogen) atoms. The first-order valence-electron chi connectivity index (χ1n) is 5.81. The number of benzene rings is 1. The Hall–Kier alpha value is -1.02. The number of nitrogens with one attached hydrogen (secondary N) is 1. The van der Waals surface area contributed by atoms with E-state index in [2.05, 4.69) is 36.5 Å². The summed E-state index contributed by atoms with van der Waals surface area (Å²) in [6, 6.07) is 8.42. The summed E-state index contributed by atoms with van der Waals surface area (Å²) in [7, 11) is 0. The van der Waals surface area contributed by atoms with Gasteiger partial charge >= 0.3 is 0 Å². The molecule has 1 N–H and O–H groups in total. The van der Waals surface area contributed by atoms with Crippen molar-refractivity contribution in [3.8, 4) is 5.75 Å². The van der Waals surface area contributed by atoms with Crippen molar-refractivity contribution in [2.45, 2.75) is 19.8 Å². The molecule has 1 saturated heterocycles. The Morgan fingerprint density at radius 1 is 1.33 bits per heavy atom. The van der Waals surface area contributed by atoms with Crippen LogP contribution >= 0.6 is 0 Å². The maximum Gasteiger partial charge on any atom is 0.119 e. The van der Waals surface area contributed by atoms with E-state index in [1.54, 1.807) is 0 Å². The first kappa shape index (κ1) is 10.5. The van der Waals surface area contributed by atoms with E-state index in [1.165, 1.54) is 12.0 Å². The molecule has 2 nitrogen and oxygen atoms in total. The van der Waals surface area contributed by atoms with Gasteiger partial charge < -0.3 is 10.1 Å². The molecule has 2 rings (SSSR count). The first-order valence-corrected chi connectivity index (χ1v) is 5.81. The summed E-state index contributed by atoms with van der Waals surface area (Å²) < 4.78 is 5.75. The van der Waals surface area contributed by atoms with Crippen LogP contribution in [0.3, 0.4) is 0 Å². The Balaban J connectivity index is 1.82. The fourth-order valence-corrected chi connectivity index (χ4v) is 1.89. The summed E-state index contributed by atoms with van der Waals surface area (Å²) in [6.45, 7) is 5.26. The van der Waals surface area contributed by atoms with Crippen molar-refractivity contribution in [3.05, 3.63) is 29.8 Å². The van der Waals surface area contributed by atoms with Gasteiger partial charge in [0, 0.05) is 12.5 Å². The molecule has 1 aliphatic rings. The van der Waals surface area contributed by atoms with E-state index in [9.17, 15) is 0 Å². The topological polar surface area (TPSA) is 21.3 Å². The molecule has 0 aromatic heterocycles. The van der Waals surface area contributed by atoms with E-state index >= 15 is 0 Å². The van der Waals surface area contributed by atoms with Gasteiger partial charge in [-0.25, -0.2) is 0 Å². The van der Waals surface area contributed by atoms with E-state index in [1.807, 2.05) is 0 Å². The van der Waals surface area contributed by atoms with Gasteiger partial charge in [-0.05, 0) is 37.1 Å². The van der Waals surface area contributed by atoms with Crippen molar-refractivity contribution < 1.29 is 4.74 Å². The second-order valence-corrected chi connectivity index (χ2v) is 4.17. The molecule has 1 fully saturated rings. The van der Waals surface area contributed by atoms with E-state index in [-0.39, 0.29) is 0 Å². The van der Waals surface area contributed by atoms with Gasteiger partial charge in [-0.2, -0.15) is 0 Å². The molecule has 1 aliphatic heterocycles. The van der Waals surface area contributed by atoms with Crippen LogP contribution in [0.1, 0.15) is 18.9 Å². The minimum Gasteiger partial charge on any atom is -0.493 e. The fraction of sp³-hybridized carbons (Fsp3) is 0.538. The Bertz CT molecular complexity index is 288. The third-order valence-corrected chi connectivity index (χ3v) is 2.98. The van der Waals surface area contributed by atoms with Crippen LogP contribution in [0.4, 0.5) is 0 Å². The van der Waals surface area contributed by atoms with Gasteiger partial charge in [0.15, 0.2) is 0 Å². The van der Waals surface area contributed by atoms with E-state index in [0.29, 0.717) is 5.92 Å². The first-order chi connectivity index (χ1) is 7.38. The molecule has 1 aromatic carbocycles. The van der Waals surface area contributed by atoms with Crippen LogP contribution in [0.25, 0.3) is 0 Å². The number of ether oxygens (including phenoxy) is 1. The highest BCUT2D eigenvalue weighted by Crippen LogP contribution is 2.15. The highest BCUT2D eigenvalue weighted by Gasteiger charge is 2.14. The van der Waals surface area contributed by atoms with Crippen LogP contribution in [0.2, 0.25) is 0 Å². The smallest absolute Gasteiger partial charge is 0.119 e. The molecule has 0 saturated carbocycles. The van der Waals surface area contributed by atoms with Crippen LogP contribution in [0.5, 0.6) is 5.75 Å². The molecule has 1 atom stereocenters. The maximum atomic E-state index is 5.75. The molecule has 0 radical (unpaired) electrons. The van der Waals surface area contributed by atoms with Crippen LogP contribution in [-0.2, 0) is 6.42 Å². The van der Waals surface area contributed by atoms with Crippen molar-refractivity contribution in [1.82, 2.24) is 5.32 Å².